The van der Waals surface area contributed by atoms with E-state index in [9.17, 15) is 19.2 Å². The summed E-state index contributed by atoms with van der Waals surface area (Å²) in [6.07, 6.45) is 3.53. The number of benzene rings is 3. The van der Waals surface area contributed by atoms with Gasteiger partial charge in [0.25, 0.3) is 0 Å². The van der Waals surface area contributed by atoms with Gasteiger partial charge >= 0.3 is 11.9 Å². The molecule has 2 unspecified atom stereocenters. The van der Waals surface area contributed by atoms with Crippen molar-refractivity contribution >= 4 is 40.9 Å². The fraction of sp³-hybridized carbons (Fsp3) is 0.349. The van der Waals surface area contributed by atoms with Crippen molar-refractivity contribution in [2.24, 2.45) is 11.3 Å². The number of carbonyl (C=O) groups is 4. The topological polar surface area (TPSA) is 120 Å². The monoisotopic (exact) mass is 738 g/mol. The van der Waals surface area contributed by atoms with Crippen molar-refractivity contribution in [3.8, 4) is 17.6 Å². The average Bonchev–Trinajstić information content (AvgIpc) is 3.13. The van der Waals surface area contributed by atoms with Crippen LogP contribution < -0.4 is 15.4 Å². The average molecular weight is 739 g/mol. The molecule has 10 heteroatoms. The molecule has 2 amide bonds. The summed E-state index contributed by atoms with van der Waals surface area (Å²) >= 11 is 6.35. The lowest BCUT2D eigenvalue weighted by Crippen LogP contribution is -2.51. The van der Waals surface area contributed by atoms with Crippen molar-refractivity contribution < 1.29 is 33.4 Å². The Balaban J connectivity index is 1.69. The first-order valence-electron chi connectivity index (χ1n) is 17.6. The predicted molar refractivity (Wildman–Crippen MR) is 206 cm³/mol. The van der Waals surface area contributed by atoms with E-state index in [0.29, 0.717) is 16.3 Å². The van der Waals surface area contributed by atoms with Gasteiger partial charge in [-0.05, 0) is 79.3 Å². The Labute approximate surface area is 317 Å². The highest BCUT2D eigenvalue weighted by Crippen LogP contribution is 2.27. The molecule has 3 aromatic rings. The molecule has 2 N–H and O–H groups in total. The normalized spacial score (nSPS) is 20.6. The van der Waals surface area contributed by atoms with Gasteiger partial charge in [-0.25, -0.2) is 4.79 Å². The molecular formula is C43H47ClN2O7. The molecule has 0 aliphatic carbocycles. The lowest BCUT2D eigenvalue weighted by atomic mass is 9.93. The second-order valence-corrected chi connectivity index (χ2v) is 14.3. The first-order chi connectivity index (χ1) is 25.3. The number of esters is 2. The summed E-state index contributed by atoms with van der Waals surface area (Å²) in [7, 11) is 1.50. The van der Waals surface area contributed by atoms with Crippen LogP contribution in [0.1, 0.15) is 63.6 Å². The molecule has 1 heterocycles. The Morgan fingerprint density at radius 1 is 1.00 bits per heavy atom. The van der Waals surface area contributed by atoms with E-state index in [1.807, 2.05) is 74.5 Å². The van der Waals surface area contributed by atoms with E-state index in [0.717, 1.165) is 16.7 Å². The molecule has 3 aromatic carbocycles. The zero-order valence-electron chi connectivity index (χ0n) is 30.8. The number of cyclic esters (lactones) is 2. The Morgan fingerprint density at radius 3 is 2.36 bits per heavy atom. The number of halogens is 1. The Hall–Kier alpha value is -5.33. The minimum absolute atomic E-state index is 0.00365. The van der Waals surface area contributed by atoms with Gasteiger partial charge in [-0.15, -0.1) is 0 Å². The van der Waals surface area contributed by atoms with E-state index in [1.54, 1.807) is 44.2 Å². The smallest absolute Gasteiger partial charge is 0.347 e. The molecule has 3 atom stereocenters. The Kier molecular flexibility index (Phi) is 14.9. The fourth-order valence-corrected chi connectivity index (χ4v) is 5.82. The van der Waals surface area contributed by atoms with Crippen LogP contribution in [0.25, 0.3) is 5.57 Å². The Bertz CT molecular complexity index is 1860. The van der Waals surface area contributed by atoms with Crippen molar-refractivity contribution in [2.75, 3.05) is 13.7 Å². The van der Waals surface area contributed by atoms with Crippen LogP contribution in [0.4, 0.5) is 0 Å². The molecule has 0 radical (unpaired) electrons. The summed E-state index contributed by atoms with van der Waals surface area (Å²) in [6.45, 7) is 6.96. The lowest BCUT2D eigenvalue weighted by molar-refractivity contribution is -0.177. The van der Waals surface area contributed by atoms with Crippen molar-refractivity contribution in [3.63, 3.8) is 0 Å². The maximum absolute atomic E-state index is 13.8. The molecule has 0 saturated heterocycles. The molecule has 0 spiro atoms. The van der Waals surface area contributed by atoms with E-state index in [1.165, 1.54) is 13.2 Å². The molecule has 53 heavy (non-hydrogen) atoms. The third-order valence-corrected chi connectivity index (χ3v) is 8.82. The van der Waals surface area contributed by atoms with Gasteiger partial charge in [0.05, 0.1) is 17.5 Å². The van der Waals surface area contributed by atoms with E-state index in [4.69, 9.17) is 25.8 Å². The molecule has 0 fully saturated rings. The molecule has 0 bridgehead atoms. The van der Waals surface area contributed by atoms with Gasteiger partial charge in [0, 0.05) is 31.4 Å². The number of nitrogens with one attached hydrogen (secondary N) is 2. The van der Waals surface area contributed by atoms with Gasteiger partial charge in [0.15, 0.2) is 6.10 Å². The van der Waals surface area contributed by atoms with Crippen LogP contribution in [0.15, 0.2) is 97.1 Å². The third kappa shape index (κ3) is 12.7. The van der Waals surface area contributed by atoms with Crippen LogP contribution in [-0.4, -0.2) is 55.7 Å². The number of hydrogen-bond acceptors (Lipinski definition) is 7. The second-order valence-electron chi connectivity index (χ2n) is 13.9. The van der Waals surface area contributed by atoms with E-state index < -0.39 is 47.4 Å². The quantitative estimate of drug-likeness (QED) is 0.191. The summed E-state index contributed by atoms with van der Waals surface area (Å²) in [5.74, 6) is 4.36. The first kappa shape index (κ1) is 40.4. The van der Waals surface area contributed by atoms with Crippen LogP contribution in [0.3, 0.4) is 0 Å². The summed E-state index contributed by atoms with van der Waals surface area (Å²) < 4.78 is 17.2. The van der Waals surface area contributed by atoms with Gasteiger partial charge in [-0.2, -0.15) is 0 Å². The van der Waals surface area contributed by atoms with Gasteiger partial charge < -0.3 is 24.8 Å². The van der Waals surface area contributed by atoms with Gasteiger partial charge in [-0.1, -0.05) is 98.0 Å². The van der Waals surface area contributed by atoms with Gasteiger partial charge in [0.2, 0.25) is 11.8 Å². The standard InChI is InChI=1S/C43H47ClN2O7/c1-29(2)24-38-41(49)52-34(27-33(32-17-10-7-11-18-32)19-12-16-30-14-8-6-9-15-30)20-13-21-39(47)46-36(26-31-22-23-37(51-5)35(44)25-31)40(48)45-28-43(3,4)42(50)53-38/h6-11,13-15,17-19,21-23,25,29,34,36,38H,20,24,26-28H2,1-5H3,(H,45,48)(H,46,47)/b21-13+,33-19-/t34?,36?,38-/m0/s1. The summed E-state index contributed by atoms with van der Waals surface area (Å²) in [4.78, 5) is 54.2. The molecular weight excluding hydrogens is 692 g/mol. The number of ether oxygens (including phenoxy) is 3. The third-order valence-electron chi connectivity index (χ3n) is 8.52. The highest BCUT2D eigenvalue weighted by atomic mass is 35.5. The van der Waals surface area contributed by atoms with Crippen LogP contribution >= 0.6 is 11.6 Å². The number of rotatable bonds is 8. The molecule has 278 valence electrons. The minimum atomic E-state index is -1.22. The number of carbonyl (C=O) groups excluding carboxylic acids is 4. The highest BCUT2D eigenvalue weighted by molar-refractivity contribution is 6.32. The van der Waals surface area contributed by atoms with Crippen molar-refractivity contribution in [2.45, 2.75) is 71.6 Å². The Morgan fingerprint density at radius 2 is 1.70 bits per heavy atom. The SMILES string of the molecule is COc1ccc(CC2NC(=O)/C=C/CC(C/C(=C/C#Cc3ccccc3)c3ccccc3)OC(=O)[C@H](CC(C)C)OC(=O)C(C)(C)CNC2=O)cc1Cl. The maximum atomic E-state index is 13.8. The minimum Gasteiger partial charge on any atom is -0.495 e. The van der Waals surface area contributed by atoms with Crippen molar-refractivity contribution in [1.29, 1.82) is 0 Å². The van der Waals surface area contributed by atoms with Gasteiger partial charge in [0.1, 0.15) is 17.9 Å². The number of allylic oxidation sites excluding steroid dienone is 1. The van der Waals surface area contributed by atoms with Crippen LogP contribution in [-0.2, 0) is 35.1 Å². The van der Waals surface area contributed by atoms with Crippen molar-refractivity contribution in [1.82, 2.24) is 10.6 Å². The summed E-state index contributed by atoms with van der Waals surface area (Å²) in [6, 6.07) is 23.3. The molecule has 4 rings (SSSR count). The summed E-state index contributed by atoms with van der Waals surface area (Å²) in [5.41, 5.74) is 2.02. The molecule has 1 aliphatic rings. The van der Waals surface area contributed by atoms with Crippen LogP contribution in [0.2, 0.25) is 5.02 Å². The summed E-state index contributed by atoms with van der Waals surface area (Å²) in [5, 5.41) is 5.92. The lowest BCUT2D eigenvalue weighted by Gasteiger charge is -2.29. The highest BCUT2D eigenvalue weighted by Gasteiger charge is 2.36. The second kappa shape index (κ2) is 19.5. The van der Waals surface area contributed by atoms with E-state index >= 15 is 0 Å². The first-order valence-corrected chi connectivity index (χ1v) is 18.0. The van der Waals surface area contributed by atoms with Gasteiger partial charge in [-0.3, -0.25) is 14.4 Å². The zero-order valence-corrected chi connectivity index (χ0v) is 31.6. The van der Waals surface area contributed by atoms with E-state index in [-0.39, 0.29) is 38.1 Å². The number of methoxy groups -OCH3 is 1. The largest absolute Gasteiger partial charge is 0.495 e. The molecule has 1 aliphatic heterocycles. The van der Waals surface area contributed by atoms with Crippen LogP contribution in [0, 0.1) is 23.2 Å². The maximum Gasteiger partial charge on any atom is 0.347 e. The van der Waals surface area contributed by atoms with Crippen molar-refractivity contribution in [3.05, 3.63) is 119 Å². The fourth-order valence-electron chi connectivity index (χ4n) is 5.54. The zero-order chi connectivity index (χ0) is 38.4. The predicted octanol–water partition coefficient (Wildman–Crippen LogP) is 6.87. The molecule has 9 nitrogen and oxygen atoms in total. The van der Waals surface area contributed by atoms with Crippen LogP contribution in [0.5, 0.6) is 5.75 Å². The number of hydrogen-bond donors (Lipinski definition) is 2. The number of amides is 2. The molecule has 0 aromatic heterocycles. The molecule has 0 saturated carbocycles. The van der Waals surface area contributed by atoms with E-state index in [2.05, 4.69) is 22.5 Å².